The molecule has 0 amide bonds. The highest BCUT2D eigenvalue weighted by molar-refractivity contribution is 5.85. The van der Waals surface area contributed by atoms with Gasteiger partial charge in [-0.3, -0.25) is 9.78 Å². The van der Waals surface area contributed by atoms with Crippen molar-refractivity contribution in [1.29, 1.82) is 0 Å². The molecule has 5 rings (SSSR count). The molecule has 0 spiro atoms. The number of hydrogen-bond donors (Lipinski definition) is 2. The van der Waals surface area contributed by atoms with Gasteiger partial charge in [0.15, 0.2) is 5.95 Å². The number of ether oxygens (including phenoxy) is 1. The number of imidazole rings is 1. The number of methoxy groups -OCH3 is 1. The molecule has 1 aliphatic heterocycles. The fraction of sp³-hybridized carbons (Fsp3) is 0.389. The molecule has 2 aliphatic rings. The van der Waals surface area contributed by atoms with Crippen LogP contribution in [0.2, 0.25) is 0 Å². The summed E-state index contributed by atoms with van der Waals surface area (Å²) in [4.78, 5) is 26.8. The van der Waals surface area contributed by atoms with E-state index in [2.05, 4.69) is 9.97 Å². The number of fused-ring (bicyclic) bond motifs is 2. The van der Waals surface area contributed by atoms with Crippen LogP contribution in [-0.4, -0.2) is 33.2 Å². The van der Waals surface area contributed by atoms with E-state index in [0.29, 0.717) is 48.4 Å². The van der Waals surface area contributed by atoms with Crippen molar-refractivity contribution in [1.82, 2.24) is 19.5 Å². The summed E-state index contributed by atoms with van der Waals surface area (Å²) in [6, 6.07) is 3.81. The Morgan fingerprint density at radius 2 is 2.15 bits per heavy atom. The molecular weight excluding hydrogens is 332 g/mol. The molecule has 0 bridgehead atoms. The molecule has 26 heavy (non-hydrogen) atoms. The number of aromatic amines is 1. The van der Waals surface area contributed by atoms with Crippen molar-refractivity contribution in [3.8, 4) is 5.75 Å². The van der Waals surface area contributed by atoms with Crippen molar-refractivity contribution in [2.45, 2.75) is 31.8 Å². The number of nitrogens with two attached hydrogens (primary N) is 1. The Balaban J connectivity index is 1.60. The third-order valence-corrected chi connectivity index (χ3v) is 5.27. The summed E-state index contributed by atoms with van der Waals surface area (Å²) in [7, 11) is 1.64. The Morgan fingerprint density at radius 1 is 1.31 bits per heavy atom. The molecule has 0 saturated heterocycles. The smallest absolute Gasteiger partial charge is 0.260 e. The van der Waals surface area contributed by atoms with E-state index >= 15 is 0 Å². The summed E-state index contributed by atoms with van der Waals surface area (Å²) < 4.78 is 7.41. The van der Waals surface area contributed by atoms with E-state index in [0.717, 1.165) is 29.8 Å². The van der Waals surface area contributed by atoms with Crippen LogP contribution in [-0.2, 0) is 13.1 Å². The Hall–Kier alpha value is -3.03. The molecule has 1 saturated carbocycles. The molecule has 0 unspecified atom stereocenters. The first kappa shape index (κ1) is 15.2. The highest BCUT2D eigenvalue weighted by atomic mass is 16.5. The predicted molar refractivity (Wildman–Crippen MR) is 98.6 cm³/mol. The summed E-state index contributed by atoms with van der Waals surface area (Å²) in [5, 5.41) is 0.684. The summed E-state index contributed by atoms with van der Waals surface area (Å²) in [5.74, 6) is 2.28. The standard InChI is InChI=1S/C18H20N6O2/c1-26-12-6-13(10-2-3-10)15-14(7-12)21-18(22-16(15)25)23-4-5-24-11(9-23)8-20-17(24)19/h6-8,10H,2-5,9H2,1H3,(H2,19,20)(H,21,22,25). The number of anilines is 2. The number of nitrogens with zero attached hydrogens (tertiary/aromatic N) is 4. The van der Waals surface area contributed by atoms with Gasteiger partial charge in [-0.1, -0.05) is 0 Å². The number of aromatic nitrogens is 4. The average molecular weight is 352 g/mol. The van der Waals surface area contributed by atoms with Gasteiger partial charge in [0, 0.05) is 19.2 Å². The van der Waals surface area contributed by atoms with Crippen LogP contribution < -0.4 is 20.9 Å². The normalized spacial score (nSPS) is 16.7. The van der Waals surface area contributed by atoms with Crippen LogP contribution in [0.25, 0.3) is 10.9 Å². The molecule has 8 heteroatoms. The zero-order valence-electron chi connectivity index (χ0n) is 14.5. The molecule has 0 radical (unpaired) electrons. The average Bonchev–Trinajstić information content (AvgIpc) is 3.44. The molecular formula is C18H20N6O2. The van der Waals surface area contributed by atoms with Gasteiger partial charge in [-0.25, -0.2) is 9.97 Å². The van der Waals surface area contributed by atoms with Crippen LogP contribution in [0.15, 0.2) is 23.1 Å². The van der Waals surface area contributed by atoms with Gasteiger partial charge in [-0.05, 0) is 30.4 Å². The van der Waals surface area contributed by atoms with Crippen molar-refractivity contribution in [3.05, 3.63) is 39.9 Å². The minimum atomic E-state index is -0.0897. The van der Waals surface area contributed by atoms with Gasteiger partial charge in [0.25, 0.3) is 5.56 Å². The first-order valence-electron chi connectivity index (χ1n) is 8.81. The van der Waals surface area contributed by atoms with E-state index < -0.39 is 0 Å². The molecule has 134 valence electrons. The molecule has 3 N–H and O–H groups in total. The minimum absolute atomic E-state index is 0.0897. The lowest BCUT2D eigenvalue weighted by atomic mass is 10.0. The minimum Gasteiger partial charge on any atom is -0.497 e. The number of nitrogen functional groups attached to an aromatic ring is 1. The van der Waals surface area contributed by atoms with Gasteiger partial charge in [0.1, 0.15) is 5.75 Å². The van der Waals surface area contributed by atoms with Crippen LogP contribution in [0.1, 0.15) is 30.0 Å². The van der Waals surface area contributed by atoms with Gasteiger partial charge in [-0.2, -0.15) is 0 Å². The van der Waals surface area contributed by atoms with Gasteiger partial charge in [0.05, 0.1) is 36.4 Å². The quantitative estimate of drug-likeness (QED) is 0.742. The van der Waals surface area contributed by atoms with Crippen LogP contribution in [0, 0.1) is 0 Å². The molecule has 3 aromatic rings. The summed E-state index contributed by atoms with van der Waals surface area (Å²) in [6.07, 6.45) is 4.00. The van der Waals surface area contributed by atoms with Crippen molar-refractivity contribution in [2.24, 2.45) is 0 Å². The first-order valence-corrected chi connectivity index (χ1v) is 8.81. The van der Waals surface area contributed by atoms with E-state index in [-0.39, 0.29) is 5.56 Å². The molecule has 1 fully saturated rings. The maximum Gasteiger partial charge on any atom is 0.260 e. The second-order valence-corrected chi connectivity index (χ2v) is 6.96. The topological polar surface area (TPSA) is 102 Å². The van der Waals surface area contributed by atoms with Gasteiger partial charge in [-0.15, -0.1) is 0 Å². The summed E-state index contributed by atoms with van der Waals surface area (Å²) in [5.41, 5.74) is 8.53. The van der Waals surface area contributed by atoms with E-state index in [4.69, 9.17) is 15.5 Å². The fourth-order valence-electron chi connectivity index (χ4n) is 3.74. The predicted octanol–water partition coefficient (Wildman–Crippen LogP) is 1.61. The van der Waals surface area contributed by atoms with E-state index in [9.17, 15) is 4.79 Å². The SMILES string of the molecule is COc1cc(C2CC2)c2c(=O)[nH]c(N3CCn4c(cnc4N)C3)nc2c1. The van der Waals surface area contributed by atoms with E-state index in [1.165, 1.54) is 0 Å². The van der Waals surface area contributed by atoms with Crippen LogP contribution >= 0.6 is 0 Å². The Labute approximate surface area is 149 Å². The maximum atomic E-state index is 12.8. The second kappa shape index (κ2) is 5.48. The van der Waals surface area contributed by atoms with Gasteiger partial charge in [0.2, 0.25) is 5.95 Å². The zero-order valence-corrected chi connectivity index (χ0v) is 14.5. The number of nitrogens with one attached hydrogen (secondary N) is 1. The van der Waals surface area contributed by atoms with Crippen LogP contribution in [0.3, 0.4) is 0 Å². The Kier molecular flexibility index (Phi) is 3.22. The zero-order chi connectivity index (χ0) is 17.8. The van der Waals surface area contributed by atoms with Crippen molar-refractivity contribution in [2.75, 3.05) is 24.3 Å². The maximum absolute atomic E-state index is 12.8. The Morgan fingerprint density at radius 3 is 2.92 bits per heavy atom. The molecule has 1 aromatic carbocycles. The lowest BCUT2D eigenvalue weighted by Crippen LogP contribution is -2.36. The van der Waals surface area contributed by atoms with Gasteiger partial charge >= 0.3 is 0 Å². The molecule has 0 atom stereocenters. The third-order valence-electron chi connectivity index (χ3n) is 5.27. The van der Waals surface area contributed by atoms with Crippen LogP contribution in [0.5, 0.6) is 5.75 Å². The number of benzene rings is 1. The van der Waals surface area contributed by atoms with E-state index in [1.54, 1.807) is 13.3 Å². The number of rotatable bonds is 3. The highest BCUT2D eigenvalue weighted by Gasteiger charge is 2.28. The lowest BCUT2D eigenvalue weighted by molar-refractivity contribution is 0.415. The van der Waals surface area contributed by atoms with Crippen molar-refractivity contribution >= 4 is 22.8 Å². The molecule has 3 heterocycles. The Bertz CT molecular complexity index is 1070. The highest BCUT2D eigenvalue weighted by Crippen LogP contribution is 2.43. The number of hydrogen-bond acceptors (Lipinski definition) is 6. The summed E-state index contributed by atoms with van der Waals surface area (Å²) in [6.45, 7) is 2.04. The third kappa shape index (κ3) is 2.33. The largest absolute Gasteiger partial charge is 0.497 e. The molecule has 8 nitrogen and oxygen atoms in total. The molecule has 2 aromatic heterocycles. The first-order chi connectivity index (χ1) is 12.6. The van der Waals surface area contributed by atoms with E-state index in [1.807, 2.05) is 21.6 Å². The monoisotopic (exact) mass is 352 g/mol. The van der Waals surface area contributed by atoms with Crippen molar-refractivity contribution in [3.63, 3.8) is 0 Å². The lowest BCUT2D eigenvalue weighted by Gasteiger charge is -2.29. The van der Waals surface area contributed by atoms with Gasteiger partial charge < -0.3 is 19.9 Å². The number of H-pyrrole nitrogens is 1. The second-order valence-electron chi connectivity index (χ2n) is 6.96. The summed E-state index contributed by atoms with van der Waals surface area (Å²) >= 11 is 0. The molecule has 1 aliphatic carbocycles. The van der Waals surface area contributed by atoms with Crippen LogP contribution in [0.4, 0.5) is 11.9 Å². The van der Waals surface area contributed by atoms with Crippen molar-refractivity contribution < 1.29 is 4.74 Å². The fourth-order valence-corrected chi connectivity index (χ4v) is 3.74.